The summed E-state index contributed by atoms with van der Waals surface area (Å²) in [7, 11) is 0. The second kappa shape index (κ2) is 5.22. The van der Waals surface area contributed by atoms with Crippen LogP contribution in [-0.2, 0) is 4.79 Å². The third kappa shape index (κ3) is 3.00. The van der Waals surface area contributed by atoms with Crippen LogP contribution in [0, 0.1) is 0 Å². The number of carbonyl (C=O) groups is 1. The molecule has 1 aromatic heterocycles. The fourth-order valence-electron chi connectivity index (χ4n) is 1.87. The Kier molecular flexibility index (Phi) is 3.68. The minimum atomic E-state index is -3.00. The molecule has 17 heavy (non-hydrogen) atoms. The molecule has 0 unspecified atom stereocenters. The quantitative estimate of drug-likeness (QED) is 0.834. The van der Waals surface area contributed by atoms with Crippen LogP contribution in [-0.4, -0.2) is 35.2 Å². The number of rotatable bonds is 3. The summed E-state index contributed by atoms with van der Waals surface area (Å²) in [5, 5.41) is 9.42. The number of piperidine rings is 1. The molecule has 0 aromatic carbocycles. The molecule has 7 heteroatoms. The lowest BCUT2D eigenvalue weighted by Crippen LogP contribution is -2.29. The zero-order valence-corrected chi connectivity index (χ0v) is 9.20. The van der Waals surface area contributed by atoms with E-state index >= 15 is 0 Å². The van der Waals surface area contributed by atoms with Gasteiger partial charge in [-0.1, -0.05) is 0 Å². The molecule has 0 atom stereocenters. The van der Waals surface area contributed by atoms with Gasteiger partial charge < -0.3 is 10.6 Å². The van der Waals surface area contributed by atoms with Gasteiger partial charge in [-0.25, -0.2) is 0 Å². The first-order valence-corrected chi connectivity index (χ1v) is 5.50. The standard InChI is InChI=1S/C10H14F2N4O/c11-9(12)10(17)15-7-5-14-16(6-7)8-1-3-13-4-2-8/h5-6,8-9,13H,1-4H2,(H,15,17). The first-order valence-electron chi connectivity index (χ1n) is 5.50. The Bertz CT molecular complexity index is 387. The lowest BCUT2D eigenvalue weighted by Gasteiger charge is -2.22. The minimum absolute atomic E-state index is 0.272. The van der Waals surface area contributed by atoms with Crippen LogP contribution in [0.3, 0.4) is 0 Å². The number of hydrogen-bond donors (Lipinski definition) is 2. The second-order valence-corrected chi connectivity index (χ2v) is 3.98. The van der Waals surface area contributed by atoms with Gasteiger partial charge >= 0.3 is 6.43 Å². The Hall–Kier alpha value is -1.50. The molecule has 1 aliphatic heterocycles. The molecule has 94 valence electrons. The normalized spacial score (nSPS) is 17.4. The lowest BCUT2D eigenvalue weighted by atomic mass is 10.1. The van der Waals surface area contributed by atoms with Crippen LogP contribution in [0.4, 0.5) is 14.5 Å². The lowest BCUT2D eigenvalue weighted by molar-refractivity contribution is -0.126. The summed E-state index contributed by atoms with van der Waals surface area (Å²) in [6, 6.07) is 0.272. The topological polar surface area (TPSA) is 59.0 Å². The van der Waals surface area contributed by atoms with Crippen LogP contribution in [0.15, 0.2) is 12.4 Å². The van der Waals surface area contributed by atoms with Gasteiger partial charge in [0.2, 0.25) is 0 Å². The average molecular weight is 244 g/mol. The van der Waals surface area contributed by atoms with Gasteiger partial charge in [0.25, 0.3) is 5.91 Å². The predicted octanol–water partition coefficient (Wildman–Crippen LogP) is 1.01. The molecule has 1 amide bonds. The number of halogens is 2. The summed E-state index contributed by atoms with van der Waals surface area (Å²) in [4.78, 5) is 10.8. The Morgan fingerprint density at radius 2 is 2.24 bits per heavy atom. The van der Waals surface area contributed by atoms with Gasteiger partial charge in [-0.15, -0.1) is 0 Å². The Labute approximate surface area is 97.2 Å². The molecule has 1 aliphatic rings. The molecule has 0 bridgehead atoms. The maximum atomic E-state index is 12.0. The fourth-order valence-corrected chi connectivity index (χ4v) is 1.87. The Morgan fingerprint density at radius 3 is 2.88 bits per heavy atom. The Balaban J connectivity index is 1.97. The fraction of sp³-hybridized carbons (Fsp3) is 0.600. The summed E-state index contributed by atoms with van der Waals surface area (Å²) >= 11 is 0. The van der Waals surface area contributed by atoms with Gasteiger partial charge in [0.15, 0.2) is 0 Å². The van der Waals surface area contributed by atoms with Crippen LogP contribution < -0.4 is 10.6 Å². The minimum Gasteiger partial charge on any atom is -0.318 e. The van der Waals surface area contributed by atoms with Crippen molar-refractivity contribution in [1.29, 1.82) is 0 Å². The van der Waals surface area contributed by atoms with E-state index in [1.165, 1.54) is 6.20 Å². The first-order chi connectivity index (χ1) is 8.16. The summed E-state index contributed by atoms with van der Waals surface area (Å²) in [5.41, 5.74) is 0.314. The van der Waals surface area contributed by atoms with Crippen molar-refractivity contribution in [3.05, 3.63) is 12.4 Å². The molecule has 2 N–H and O–H groups in total. The van der Waals surface area contributed by atoms with Crippen molar-refractivity contribution in [1.82, 2.24) is 15.1 Å². The van der Waals surface area contributed by atoms with Crippen molar-refractivity contribution < 1.29 is 13.6 Å². The number of carbonyl (C=O) groups excluding carboxylic acids is 1. The predicted molar refractivity (Wildman–Crippen MR) is 58.0 cm³/mol. The molecule has 0 radical (unpaired) electrons. The van der Waals surface area contributed by atoms with E-state index < -0.39 is 12.3 Å². The van der Waals surface area contributed by atoms with Gasteiger partial charge in [-0.2, -0.15) is 13.9 Å². The molecule has 1 fully saturated rings. The second-order valence-electron chi connectivity index (χ2n) is 3.98. The largest absolute Gasteiger partial charge is 0.318 e. The molecule has 1 saturated heterocycles. The highest BCUT2D eigenvalue weighted by Crippen LogP contribution is 2.19. The van der Waals surface area contributed by atoms with Crippen molar-refractivity contribution in [3.63, 3.8) is 0 Å². The first kappa shape index (κ1) is 12.0. The third-order valence-electron chi connectivity index (χ3n) is 2.75. The average Bonchev–Trinajstić information content (AvgIpc) is 2.78. The maximum Gasteiger partial charge on any atom is 0.315 e. The molecule has 1 aromatic rings. The molecule has 0 aliphatic carbocycles. The van der Waals surface area contributed by atoms with E-state index in [1.54, 1.807) is 10.9 Å². The number of nitrogens with zero attached hydrogens (tertiary/aromatic N) is 2. The molecule has 5 nitrogen and oxygen atoms in total. The van der Waals surface area contributed by atoms with Gasteiger partial charge in [0.1, 0.15) is 0 Å². The monoisotopic (exact) mass is 244 g/mol. The Morgan fingerprint density at radius 1 is 1.53 bits per heavy atom. The highest BCUT2D eigenvalue weighted by Gasteiger charge is 2.18. The van der Waals surface area contributed by atoms with E-state index in [0.29, 0.717) is 5.69 Å². The number of hydrogen-bond acceptors (Lipinski definition) is 3. The molecular weight excluding hydrogens is 230 g/mol. The molecular formula is C10H14F2N4O. The van der Waals surface area contributed by atoms with Crippen molar-refractivity contribution >= 4 is 11.6 Å². The van der Waals surface area contributed by atoms with E-state index in [-0.39, 0.29) is 6.04 Å². The number of nitrogens with one attached hydrogen (secondary N) is 2. The summed E-state index contributed by atoms with van der Waals surface area (Å²) in [6.07, 6.45) is 1.88. The van der Waals surface area contributed by atoms with Crippen molar-refractivity contribution in [2.45, 2.75) is 25.3 Å². The van der Waals surface area contributed by atoms with E-state index in [4.69, 9.17) is 0 Å². The van der Waals surface area contributed by atoms with E-state index in [9.17, 15) is 13.6 Å². The van der Waals surface area contributed by atoms with Gasteiger partial charge in [0, 0.05) is 6.20 Å². The third-order valence-corrected chi connectivity index (χ3v) is 2.75. The molecule has 2 rings (SSSR count). The van der Waals surface area contributed by atoms with Crippen molar-refractivity contribution in [2.24, 2.45) is 0 Å². The summed E-state index contributed by atoms with van der Waals surface area (Å²) in [6.45, 7) is 1.84. The van der Waals surface area contributed by atoms with E-state index in [1.807, 2.05) is 0 Å². The highest BCUT2D eigenvalue weighted by molar-refractivity contribution is 5.92. The zero-order chi connectivity index (χ0) is 12.3. The smallest absolute Gasteiger partial charge is 0.315 e. The number of aromatic nitrogens is 2. The highest BCUT2D eigenvalue weighted by atomic mass is 19.3. The number of amides is 1. The number of alkyl halides is 2. The zero-order valence-electron chi connectivity index (χ0n) is 9.20. The van der Waals surface area contributed by atoms with Gasteiger partial charge in [-0.3, -0.25) is 9.48 Å². The van der Waals surface area contributed by atoms with Crippen molar-refractivity contribution in [2.75, 3.05) is 18.4 Å². The molecule has 0 saturated carbocycles. The number of anilines is 1. The van der Waals surface area contributed by atoms with Gasteiger partial charge in [0.05, 0.1) is 17.9 Å². The SMILES string of the molecule is O=C(Nc1cnn(C2CCNCC2)c1)C(F)F. The summed E-state index contributed by atoms with van der Waals surface area (Å²) in [5.74, 6) is -1.30. The van der Waals surface area contributed by atoms with Crippen molar-refractivity contribution in [3.8, 4) is 0 Å². The maximum absolute atomic E-state index is 12.0. The van der Waals surface area contributed by atoms with Crippen LogP contribution in [0.2, 0.25) is 0 Å². The van der Waals surface area contributed by atoms with Crippen LogP contribution in [0.25, 0.3) is 0 Å². The van der Waals surface area contributed by atoms with Gasteiger partial charge in [-0.05, 0) is 25.9 Å². The van der Waals surface area contributed by atoms with E-state index in [2.05, 4.69) is 15.7 Å². The van der Waals surface area contributed by atoms with Crippen LogP contribution in [0.1, 0.15) is 18.9 Å². The molecule has 2 heterocycles. The molecule has 0 spiro atoms. The summed E-state index contributed by atoms with van der Waals surface area (Å²) < 4.78 is 25.8. The van der Waals surface area contributed by atoms with Crippen LogP contribution >= 0.6 is 0 Å². The van der Waals surface area contributed by atoms with Crippen LogP contribution in [0.5, 0.6) is 0 Å². The van der Waals surface area contributed by atoms with E-state index in [0.717, 1.165) is 25.9 Å².